The number of aromatic nitrogens is 3. The molecular weight excluding hydrogens is 352 g/mol. The predicted octanol–water partition coefficient (Wildman–Crippen LogP) is 3.99. The number of nitrogens with zero attached hydrogens (tertiary/aromatic N) is 4. The van der Waals surface area contributed by atoms with Gasteiger partial charge in [0.2, 0.25) is 0 Å². The number of benzene rings is 1. The average molecular weight is 368 g/mol. The molecule has 25 heavy (non-hydrogen) atoms. The molecule has 126 valence electrons. The van der Waals surface area contributed by atoms with Crippen LogP contribution in [0.5, 0.6) is 0 Å². The van der Waals surface area contributed by atoms with Gasteiger partial charge in [-0.2, -0.15) is 0 Å². The number of hydrogen-bond acceptors (Lipinski definition) is 6. The third-order valence-corrected chi connectivity index (χ3v) is 6.27. The zero-order valence-corrected chi connectivity index (χ0v) is 15.3. The zero-order valence-electron chi connectivity index (χ0n) is 13.6. The molecule has 0 saturated carbocycles. The molecule has 0 fully saturated rings. The van der Waals surface area contributed by atoms with Crippen LogP contribution in [0.1, 0.15) is 16.6 Å². The minimum Gasteiger partial charge on any atom is -0.306 e. The molecule has 7 heteroatoms. The number of carbonyl (C=O) groups is 1. The van der Waals surface area contributed by atoms with Crippen molar-refractivity contribution in [2.75, 3.05) is 17.2 Å². The van der Waals surface area contributed by atoms with Crippen molar-refractivity contribution in [3.63, 3.8) is 0 Å². The van der Waals surface area contributed by atoms with Crippen LogP contribution in [0, 0.1) is 5.92 Å². The van der Waals surface area contributed by atoms with Crippen LogP contribution in [0.2, 0.25) is 0 Å². The van der Waals surface area contributed by atoms with E-state index in [-0.39, 0.29) is 5.91 Å². The highest BCUT2D eigenvalue weighted by molar-refractivity contribution is 7.99. The molecule has 2 aromatic heterocycles. The van der Waals surface area contributed by atoms with Crippen molar-refractivity contribution in [1.29, 1.82) is 0 Å². The van der Waals surface area contributed by atoms with Crippen LogP contribution in [-0.4, -0.2) is 33.2 Å². The highest BCUT2D eigenvalue weighted by Gasteiger charge is 2.27. The average Bonchev–Trinajstić information content (AvgIpc) is 3.09. The van der Waals surface area contributed by atoms with Gasteiger partial charge in [-0.25, -0.2) is 15.0 Å². The number of amides is 1. The van der Waals surface area contributed by atoms with Crippen molar-refractivity contribution in [1.82, 2.24) is 15.0 Å². The smallest absolute Gasteiger partial charge is 0.270 e. The molecule has 0 saturated heterocycles. The van der Waals surface area contributed by atoms with E-state index in [1.54, 1.807) is 24.7 Å². The molecule has 1 unspecified atom stereocenters. The highest BCUT2D eigenvalue weighted by Crippen LogP contribution is 2.36. The number of fused-ring (bicyclic) bond motifs is 1. The number of rotatable bonds is 2. The van der Waals surface area contributed by atoms with E-state index in [9.17, 15) is 4.79 Å². The van der Waals surface area contributed by atoms with Gasteiger partial charge in [0.05, 0.1) is 11.9 Å². The van der Waals surface area contributed by atoms with Gasteiger partial charge < -0.3 is 4.90 Å². The first kappa shape index (κ1) is 16.2. The van der Waals surface area contributed by atoms with Crippen molar-refractivity contribution < 1.29 is 4.79 Å². The monoisotopic (exact) mass is 368 g/mol. The van der Waals surface area contributed by atoms with Crippen molar-refractivity contribution in [3.05, 3.63) is 53.8 Å². The van der Waals surface area contributed by atoms with E-state index in [0.29, 0.717) is 28.2 Å². The molecule has 0 bridgehead atoms. The van der Waals surface area contributed by atoms with E-state index in [1.807, 2.05) is 34.9 Å². The maximum atomic E-state index is 13.2. The fourth-order valence-corrected chi connectivity index (χ4v) is 4.59. The first-order valence-corrected chi connectivity index (χ1v) is 9.79. The minimum atomic E-state index is -0.0125. The molecule has 0 spiro atoms. The lowest BCUT2D eigenvalue weighted by molar-refractivity contribution is 0.0987. The van der Waals surface area contributed by atoms with E-state index in [1.165, 1.54) is 11.3 Å². The van der Waals surface area contributed by atoms with Crippen LogP contribution in [0.25, 0.3) is 10.8 Å². The third kappa shape index (κ3) is 3.29. The van der Waals surface area contributed by atoms with Gasteiger partial charge in [-0.3, -0.25) is 4.79 Å². The van der Waals surface area contributed by atoms with Crippen LogP contribution in [0.3, 0.4) is 0 Å². The van der Waals surface area contributed by atoms with Crippen LogP contribution in [0.4, 0.5) is 5.69 Å². The number of anilines is 1. The standard InChI is InChI=1S/C18H16N4OS2/c1-12-10-22(13-5-2-3-6-14(13)24-11-12)18(23)15-9-21-17(25-15)16-19-7-4-8-20-16/h2-9,12H,10-11H2,1H3. The Morgan fingerprint density at radius 1 is 1.16 bits per heavy atom. The second-order valence-electron chi connectivity index (χ2n) is 5.90. The quantitative estimate of drug-likeness (QED) is 0.684. The summed E-state index contributed by atoms with van der Waals surface area (Å²) in [6.07, 6.45) is 4.98. The van der Waals surface area contributed by atoms with Crippen molar-refractivity contribution in [2.45, 2.75) is 11.8 Å². The molecule has 0 radical (unpaired) electrons. The fraction of sp³-hybridized carbons (Fsp3) is 0.222. The van der Waals surface area contributed by atoms with Gasteiger partial charge in [-0.05, 0) is 24.1 Å². The van der Waals surface area contributed by atoms with Gasteiger partial charge in [0, 0.05) is 29.6 Å². The summed E-state index contributed by atoms with van der Waals surface area (Å²) in [5.74, 6) is 1.96. The highest BCUT2D eigenvalue weighted by atomic mass is 32.2. The first-order chi connectivity index (χ1) is 12.2. The maximum Gasteiger partial charge on any atom is 0.270 e. The number of para-hydroxylation sites is 1. The lowest BCUT2D eigenvalue weighted by atomic mass is 10.2. The molecule has 4 rings (SSSR count). The van der Waals surface area contributed by atoms with Gasteiger partial charge >= 0.3 is 0 Å². The van der Waals surface area contributed by atoms with Gasteiger partial charge in [0.1, 0.15) is 4.88 Å². The van der Waals surface area contributed by atoms with Gasteiger partial charge in [-0.15, -0.1) is 23.1 Å². The van der Waals surface area contributed by atoms with Crippen molar-refractivity contribution in [2.24, 2.45) is 5.92 Å². The Hall–Kier alpha value is -2.25. The number of hydrogen-bond donors (Lipinski definition) is 0. The number of thioether (sulfide) groups is 1. The van der Waals surface area contributed by atoms with Crippen LogP contribution in [-0.2, 0) is 0 Å². The second kappa shape index (κ2) is 6.93. The Bertz CT molecular complexity index is 897. The van der Waals surface area contributed by atoms with E-state index in [4.69, 9.17) is 0 Å². The molecule has 0 aliphatic carbocycles. The summed E-state index contributed by atoms with van der Waals surface area (Å²) in [6.45, 7) is 2.88. The molecule has 5 nitrogen and oxygen atoms in total. The minimum absolute atomic E-state index is 0.0125. The summed E-state index contributed by atoms with van der Waals surface area (Å²) in [5.41, 5.74) is 0.979. The van der Waals surface area contributed by atoms with E-state index in [2.05, 4.69) is 27.9 Å². The molecule has 1 aliphatic rings. The number of thiazole rings is 1. The Labute approximate surface area is 154 Å². The molecule has 1 aromatic carbocycles. The van der Waals surface area contributed by atoms with E-state index in [0.717, 1.165) is 16.3 Å². The number of carbonyl (C=O) groups excluding carboxylic acids is 1. The maximum absolute atomic E-state index is 13.2. The van der Waals surface area contributed by atoms with Crippen molar-refractivity contribution >= 4 is 34.7 Å². The van der Waals surface area contributed by atoms with E-state index >= 15 is 0 Å². The van der Waals surface area contributed by atoms with Crippen LogP contribution >= 0.6 is 23.1 Å². The Morgan fingerprint density at radius 3 is 2.80 bits per heavy atom. The third-order valence-electron chi connectivity index (χ3n) is 3.89. The summed E-state index contributed by atoms with van der Waals surface area (Å²) in [6, 6.07) is 9.85. The van der Waals surface area contributed by atoms with Gasteiger partial charge in [0.25, 0.3) is 5.91 Å². The molecular formula is C18H16N4OS2. The molecule has 3 heterocycles. The summed E-state index contributed by atoms with van der Waals surface area (Å²) >= 11 is 3.15. The summed E-state index contributed by atoms with van der Waals surface area (Å²) in [7, 11) is 0. The fourth-order valence-electron chi connectivity index (χ4n) is 2.71. The Morgan fingerprint density at radius 2 is 1.96 bits per heavy atom. The topological polar surface area (TPSA) is 59.0 Å². The lowest BCUT2D eigenvalue weighted by Gasteiger charge is -2.23. The Balaban J connectivity index is 1.68. The normalized spacial score (nSPS) is 17.0. The lowest BCUT2D eigenvalue weighted by Crippen LogP contribution is -2.34. The predicted molar refractivity (Wildman–Crippen MR) is 101 cm³/mol. The van der Waals surface area contributed by atoms with Gasteiger partial charge in [0.15, 0.2) is 10.8 Å². The Kier molecular flexibility index (Phi) is 4.50. The summed E-state index contributed by atoms with van der Waals surface area (Å²) in [4.78, 5) is 29.5. The molecule has 0 N–H and O–H groups in total. The van der Waals surface area contributed by atoms with E-state index < -0.39 is 0 Å². The summed E-state index contributed by atoms with van der Waals surface area (Å²) in [5, 5.41) is 0.662. The molecule has 1 atom stereocenters. The largest absolute Gasteiger partial charge is 0.306 e. The summed E-state index contributed by atoms with van der Waals surface area (Å²) < 4.78 is 0. The molecule has 3 aromatic rings. The van der Waals surface area contributed by atoms with Gasteiger partial charge in [-0.1, -0.05) is 19.1 Å². The van der Waals surface area contributed by atoms with Crippen molar-refractivity contribution in [3.8, 4) is 10.8 Å². The molecule has 1 amide bonds. The first-order valence-electron chi connectivity index (χ1n) is 7.99. The van der Waals surface area contributed by atoms with Crippen LogP contribution in [0.15, 0.2) is 53.8 Å². The molecule has 1 aliphatic heterocycles. The zero-order chi connectivity index (χ0) is 17.2. The van der Waals surface area contributed by atoms with Crippen LogP contribution < -0.4 is 4.90 Å². The SMILES string of the molecule is CC1CSc2ccccc2N(C(=O)c2cnc(-c3ncccn3)s2)C1. The second-order valence-corrected chi connectivity index (χ2v) is 7.99.